The summed E-state index contributed by atoms with van der Waals surface area (Å²) < 4.78 is 14.2. The Hall–Kier alpha value is -4.28. The van der Waals surface area contributed by atoms with Crippen LogP contribution in [0.1, 0.15) is 12.7 Å². The second kappa shape index (κ2) is 6.62. The Labute approximate surface area is 174 Å². The molecule has 154 valence electrons. The lowest BCUT2D eigenvalue weighted by molar-refractivity contribution is 0.171. The van der Waals surface area contributed by atoms with Crippen molar-refractivity contribution in [2.45, 2.75) is 13.3 Å². The van der Waals surface area contributed by atoms with E-state index in [0.29, 0.717) is 65.4 Å². The van der Waals surface area contributed by atoms with Gasteiger partial charge in [0.1, 0.15) is 19.0 Å². The van der Waals surface area contributed by atoms with E-state index in [0.717, 1.165) is 5.56 Å². The third kappa shape index (κ3) is 2.74. The van der Waals surface area contributed by atoms with Crippen LogP contribution in [-0.2, 0) is 6.42 Å². The van der Waals surface area contributed by atoms with Crippen LogP contribution in [0.15, 0.2) is 41.5 Å². The van der Waals surface area contributed by atoms with E-state index in [9.17, 15) is 4.79 Å². The number of rotatable bonds is 3. The highest BCUT2D eigenvalue weighted by Gasteiger charge is 2.17. The molecule has 5 heterocycles. The van der Waals surface area contributed by atoms with Gasteiger partial charge in [-0.05, 0) is 24.3 Å². The summed E-state index contributed by atoms with van der Waals surface area (Å²) in [6.45, 7) is 2.98. The highest BCUT2D eigenvalue weighted by atomic mass is 16.6. The van der Waals surface area contributed by atoms with Gasteiger partial charge in [-0.1, -0.05) is 6.92 Å². The van der Waals surface area contributed by atoms with Gasteiger partial charge >= 0.3 is 0 Å². The van der Waals surface area contributed by atoms with Gasteiger partial charge in [-0.15, -0.1) is 10.2 Å². The molecule has 11 heteroatoms. The van der Waals surface area contributed by atoms with E-state index in [1.807, 2.05) is 25.1 Å². The van der Waals surface area contributed by atoms with Crippen LogP contribution in [0.2, 0.25) is 0 Å². The molecule has 0 saturated carbocycles. The van der Waals surface area contributed by atoms with E-state index in [1.165, 1.54) is 10.8 Å². The van der Waals surface area contributed by atoms with Crippen LogP contribution in [0.25, 0.3) is 34.0 Å². The molecule has 0 bridgehead atoms. The number of fused-ring (bicyclic) bond motifs is 4. The first-order valence-electron chi connectivity index (χ1n) is 9.80. The summed E-state index contributed by atoms with van der Waals surface area (Å²) in [5.74, 6) is 3.21. The van der Waals surface area contributed by atoms with Gasteiger partial charge in [-0.3, -0.25) is 9.89 Å². The Morgan fingerprint density at radius 1 is 1.13 bits per heavy atom. The summed E-state index contributed by atoms with van der Waals surface area (Å²) in [4.78, 5) is 26.2. The Morgan fingerprint density at radius 2 is 2.00 bits per heavy atom. The number of aromatic amines is 1. The third-order valence-corrected chi connectivity index (χ3v) is 5.10. The van der Waals surface area contributed by atoms with E-state index in [2.05, 4.69) is 30.2 Å². The molecular weight excluding hydrogens is 400 g/mol. The predicted octanol–water partition coefficient (Wildman–Crippen LogP) is 1.55. The van der Waals surface area contributed by atoms with Crippen molar-refractivity contribution in [2.24, 2.45) is 0 Å². The van der Waals surface area contributed by atoms with Gasteiger partial charge in [0.15, 0.2) is 17.3 Å². The van der Waals surface area contributed by atoms with E-state index < -0.39 is 0 Å². The number of nitrogens with zero attached hydrogens (tertiary/aromatic N) is 7. The molecule has 0 spiro atoms. The van der Waals surface area contributed by atoms with Gasteiger partial charge in [0.05, 0.1) is 10.9 Å². The average molecular weight is 416 g/mol. The molecule has 0 saturated heterocycles. The molecule has 31 heavy (non-hydrogen) atoms. The van der Waals surface area contributed by atoms with Gasteiger partial charge in [0, 0.05) is 24.4 Å². The van der Waals surface area contributed by atoms with E-state index >= 15 is 0 Å². The zero-order valence-corrected chi connectivity index (χ0v) is 16.4. The number of hydrogen-bond acceptors (Lipinski definition) is 8. The first kappa shape index (κ1) is 17.6. The van der Waals surface area contributed by atoms with E-state index in [-0.39, 0.29) is 5.56 Å². The van der Waals surface area contributed by atoms with Crippen LogP contribution in [0, 0.1) is 0 Å². The molecule has 6 rings (SSSR count). The molecule has 1 N–H and O–H groups in total. The zero-order chi connectivity index (χ0) is 20.9. The Kier molecular flexibility index (Phi) is 3.75. The molecule has 4 aromatic heterocycles. The number of H-pyrrole nitrogens is 1. The normalized spacial score (nSPS) is 13.2. The van der Waals surface area contributed by atoms with Crippen LogP contribution in [-0.4, -0.2) is 52.5 Å². The highest BCUT2D eigenvalue weighted by molar-refractivity contribution is 5.79. The summed E-state index contributed by atoms with van der Waals surface area (Å²) >= 11 is 0. The standard InChI is InChI=1S/C20H16N8O3/c1-2-16-22-20(25-24-16)27-6-5-13-12(18(27)29)10-21-19-23-17(26-28(13)19)11-3-4-14-15(9-11)31-8-7-30-14/h3-6,9-10H,2,7-8H2,1H3,(H,22,24,25). The molecule has 0 unspecified atom stereocenters. The maximum atomic E-state index is 13.0. The van der Waals surface area contributed by atoms with Crippen molar-refractivity contribution in [3.63, 3.8) is 0 Å². The fourth-order valence-corrected chi connectivity index (χ4v) is 3.53. The maximum absolute atomic E-state index is 13.0. The van der Waals surface area contributed by atoms with Crippen LogP contribution in [0.5, 0.6) is 11.5 Å². The minimum atomic E-state index is -0.287. The Morgan fingerprint density at radius 3 is 2.84 bits per heavy atom. The molecule has 0 amide bonds. The van der Waals surface area contributed by atoms with Gasteiger partial charge in [-0.2, -0.15) is 14.5 Å². The average Bonchev–Trinajstić information content (AvgIpc) is 3.46. The molecule has 0 aliphatic carbocycles. The topological polar surface area (TPSA) is 125 Å². The van der Waals surface area contributed by atoms with E-state index in [1.54, 1.807) is 16.8 Å². The Balaban J connectivity index is 1.48. The zero-order valence-electron chi connectivity index (χ0n) is 16.4. The van der Waals surface area contributed by atoms with Gasteiger partial charge in [0.2, 0.25) is 0 Å². The summed E-state index contributed by atoms with van der Waals surface area (Å²) in [7, 11) is 0. The van der Waals surface area contributed by atoms with Crippen molar-refractivity contribution in [3.8, 4) is 28.8 Å². The summed E-state index contributed by atoms with van der Waals surface area (Å²) in [6, 6.07) is 7.32. The smallest absolute Gasteiger partial charge is 0.268 e. The fraction of sp³-hybridized carbons (Fsp3) is 0.200. The van der Waals surface area contributed by atoms with Gasteiger partial charge in [-0.25, -0.2) is 9.55 Å². The molecule has 0 atom stereocenters. The molecule has 1 aromatic carbocycles. The lowest BCUT2D eigenvalue weighted by atomic mass is 10.2. The van der Waals surface area contributed by atoms with Gasteiger partial charge in [0.25, 0.3) is 17.3 Å². The van der Waals surface area contributed by atoms with Crippen molar-refractivity contribution in [1.29, 1.82) is 0 Å². The Bertz CT molecular complexity index is 1520. The largest absolute Gasteiger partial charge is 0.486 e. The monoisotopic (exact) mass is 416 g/mol. The first-order chi connectivity index (χ1) is 15.2. The van der Waals surface area contributed by atoms with E-state index in [4.69, 9.17) is 9.47 Å². The highest BCUT2D eigenvalue weighted by Crippen LogP contribution is 2.33. The lowest BCUT2D eigenvalue weighted by Crippen LogP contribution is -2.20. The summed E-state index contributed by atoms with van der Waals surface area (Å²) in [5.41, 5.74) is 1.07. The van der Waals surface area contributed by atoms with Crippen molar-refractivity contribution in [2.75, 3.05) is 13.2 Å². The fourth-order valence-electron chi connectivity index (χ4n) is 3.53. The number of nitrogens with one attached hydrogen (secondary N) is 1. The van der Waals surface area contributed by atoms with Crippen molar-refractivity contribution >= 4 is 16.7 Å². The van der Waals surface area contributed by atoms with Crippen molar-refractivity contribution in [1.82, 2.24) is 39.3 Å². The number of pyridine rings is 1. The number of aromatic nitrogens is 8. The quantitative estimate of drug-likeness (QED) is 0.470. The number of benzene rings is 1. The number of ether oxygens (including phenoxy) is 2. The number of hydrogen-bond donors (Lipinski definition) is 1. The minimum Gasteiger partial charge on any atom is -0.486 e. The van der Waals surface area contributed by atoms with Gasteiger partial charge < -0.3 is 9.47 Å². The van der Waals surface area contributed by atoms with Crippen molar-refractivity contribution in [3.05, 3.63) is 52.8 Å². The second-order valence-corrected chi connectivity index (χ2v) is 6.99. The molecule has 1 aliphatic rings. The molecule has 1 aliphatic heterocycles. The second-order valence-electron chi connectivity index (χ2n) is 6.99. The third-order valence-electron chi connectivity index (χ3n) is 5.10. The predicted molar refractivity (Wildman–Crippen MR) is 110 cm³/mol. The molecule has 5 aromatic rings. The molecular formula is C20H16N8O3. The molecule has 0 radical (unpaired) electrons. The summed E-state index contributed by atoms with van der Waals surface area (Å²) in [5, 5.41) is 11.9. The summed E-state index contributed by atoms with van der Waals surface area (Å²) in [6.07, 6.45) is 3.82. The van der Waals surface area contributed by atoms with Crippen LogP contribution < -0.4 is 15.0 Å². The number of aryl methyl sites for hydroxylation is 1. The van der Waals surface area contributed by atoms with Crippen LogP contribution in [0.3, 0.4) is 0 Å². The maximum Gasteiger partial charge on any atom is 0.268 e. The minimum absolute atomic E-state index is 0.287. The SMILES string of the molecule is CCc1nc(-n2ccc3c(cnc4nc(-c5ccc6c(c5)OCCO6)nn43)c2=O)n[nH]1. The first-order valence-corrected chi connectivity index (χ1v) is 9.80. The molecule has 0 fully saturated rings. The van der Waals surface area contributed by atoms with Crippen LogP contribution in [0.4, 0.5) is 0 Å². The lowest BCUT2D eigenvalue weighted by Gasteiger charge is -2.18. The van der Waals surface area contributed by atoms with Crippen LogP contribution >= 0.6 is 0 Å². The molecule has 11 nitrogen and oxygen atoms in total. The van der Waals surface area contributed by atoms with Crippen molar-refractivity contribution < 1.29 is 9.47 Å².